The molecule has 0 saturated carbocycles. The van der Waals surface area contributed by atoms with E-state index < -0.39 is 63.5 Å². The SMILES string of the molecule is C=C(C)[C@H](NC(=O)[C@H](CC(C)C)NC(=O)[C@H](Cc1ccccc1)NS(=O)(=O)c1ccc(F)c(F)c1)B(O)O. The largest absolute Gasteiger partial charge is 0.479 e. The second-order valence-electron chi connectivity index (χ2n) is 9.38. The van der Waals surface area contributed by atoms with Crippen molar-refractivity contribution in [3.63, 3.8) is 0 Å². The quantitative estimate of drug-likeness (QED) is 0.188. The lowest BCUT2D eigenvalue weighted by molar-refractivity contribution is -0.130. The van der Waals surface area contributed by atoms with Gasteiger partial charge in [-0.2, -0.15) is 4.72 Å². The molecular formula is C25H32BF2N3O6S. The van der Waals surface area contributed by atoms with Gasteiger partial charge in [0.05, 0.1) is 10.8 Å². The van der Waals surface area contributed by atoms with Crippen LogP contribution in [0.1, 0.15) is 32.8 Å². The number of carbonyl (C=O) groups is 2. The molecule has 0 radical (unpaired) electrons. The van der Waals surface area contributed by atoms with E-state index in [1.807, 2.05) is 0 Å². The van der Waals surface area contributed by atoms with Gasteiger partial charge < -0.3 is 20.7 Å². The highest BCUT2D eigenvalue weighted by molar-refractivity contribution is 7.89. The van der Waals surface area contributed by atoms with Gasteiger partial charge in [0, 0.05) is 0 Å². The lowest BCUT2D eigenvalue weighted by Gasteiger charge is -2.26. The van der Waals surface area contributed by atoms with Crippen molar-refractivity contribution in [2.75, 3.05) is 0 Å². The third-order valence-electron chi connectivity index (χ3n) is 5.56. The molecule has 2 aromatic rings. The second kappa shape index (κ2) is 13.6. The number of amides is 2. The van der Waals surface area contributed by atoms with Crippen LogP contribution >= 0.6 is 0 Å². The molecule has 2 amide bonds. The Morgan fingerprint density at radius 1 is 0.974 bits per heavy atom. The van der Waals surface area contributed by atoms with Gasteiger partial charge in [-0.05, 0) is 49.4 Å². The first-order valence-electron chi connectivity index (χ1n) is 11.8. The molecule has 2 aromatic carbocycles. The van der Waals surface area contributed by atoms with Crippen LogP contribution in [0.5, 0.6) is 0 Å². The molecule has 0 aliphatic rings. The summed E-state index contributed by atoms with van der Waals surface area (Å²) in [5, 5.41) is 24.1. The molecule has 0 aliphatic heterocycles. The van der Waals surface area contributed by atoms with Crippen LogP contribution < -0.4 is 15.4 Å². The molecule has 2 rings (SSSR count). The minimum atomic E-state index is -4.48. The molecule has 206 valence electrons. The number of hydrogen-bond acceptors (Lipinski definition) is 6. The highest BCUT2D eigenvalue weighted by Crippen LogP contribution is 2.16. The number of sulfonamides is 1. The number of halogens is 2. The molecule has 9 nitrogen and oxygen atoms in total. The maximum absolute atomic E-state index is 13.7. The standard InChI is InChI=1S/C25H32BF2N3O6S/c1-15(2)12-21(24(32)30-23(16(3)4)26(34)35)29-25(33)22(13-17-8-6-5-7-9-17)31-38(36,37)18-10-11-19(27)20(28)14-18/h5-11,14-15,21-23,31,34-35H,3,12-13H2,1-2,4H3,(H,29,33)(H,30,32)/t21-,22-,23-/m0/s1. The molecule has 0 fully saturated rings. The molecule has 0 spiro atoms. The van der Waals surface area contributed by atoms with E-state index in [2.05, 4.69) is 21.9 Å². The van der Waals surface area contributed by atoms with Crippen LogP contribution in [0.25, 0.3) is 0 Å². The summed E-state index contributed by atoms with van der Waals surface area (Å²) in [4.78, 5) is 25.8. The summed E-state index contributed by atoms with van der Waals surface area (Å²) in [5.74, 6) is -5.46. The third-order valence-corrected chi connectivity index (χ3v) is 7.03. The molecular weight excluding hydrogens is 519 g/mol. The molecule has 0 aliphatic carbocycles. The van der Waals surface area contributed by atoms with E-state index in [0.29, 0.717) is 17.7 Å². The van der Waals surface area contributed by atoms with Gasteiger partial charge in [-0.25, -0.2) is 17.2 Å². The third kappa shape index (κ3) is 9.01. The lowest BCUT2D eigenvalue weighted by atomic mass is 9.75. The van der Waals surface area contributed by atoms with E-state index >= 15 is 0 Å². The number of carbonyl (C=O) groups excluding carboxylic acids is 2. The van der Waals surface area contributed by atoms with E-state index in [0.717, 1.165) is 6.07 Å². The van der Waals surface area contributed by atoms with E-state index in [-0.39, 0.29) is 24.3 Å². The summed E-state index contributed by atoms with van der Waals surface area (Å²) in [6, 6.07) is 7.91. The number of rotatable bonds is 13. The van der Waals surface area contributed by atoms with Gasteiger partial charge in [0.1, 0.15) is 12.1 Å². The molecule has 38 heavy (non-hydrogen) atoms. The maximum atomic E-state index is 13.7. The maximum Gasteiger partial charge on any atom is 0.479 e. The van der Waals surface area contributed by atoms with Crippen LogP contribution in [0.2, 0.25) is 0 Å². The first-order valence-corrected chi connectivity index (χ1v) is 13.3. The average molecular weight is 551 g/mol. The van der Waals surface area contributed by atoms with Crippen LogP contribution in [0.4, 0.5) is 8.78 Å². The average Bonchev–Trinajstić information content (AvgIpc) is 2.82. The molecule has 5 N–H and O–H groups in total. The van der Waals surface area contributed by atoms with Crippen molar-refractivity contribution < 1.29 is 36.8 Å². The molecule has 3 atom stereocenters. The summed E-state index contributed by atoms with van der Waals surface area (Å²) in [5.41, 5.74) is 0.862. The smallest absolute Gasteiger partial charge is 0.426 e. The fourth-order valence-electron chi connectivity index (χ4n) is 3.62. The Bertz CT molecular complexity index is 1240. The molecule has 0 aromatic heterocycles. The van der Waals surface area contributed by atoms with E-state index in [1.54, 1.807) is 44.2 Å². The predicted octanol–water partition coefficient (Wildman–Crippen LogP) is 1.46. The van der Waals surface area contributed by atoms with Gasteiger partial charge in [0.2, 0.25) is 21.8 Å². The molecule has 0 saturated heterocycles. The monoisotopic (exact) mass is 551 g/mol. The Labute approximate surface area is 221 Å². The zero-order chi connectivity index (χ0) is 28.6. The predicted molar refractivity (Wildman–Crippen MR) is 139 cm³/mol. The van der Waals surface area contributed by atoms with Gasteiger partial charge >= 0.3 is 7.12 Å². The Kier molecular flexibility index (Phi) is 11.1. The van der Waals surface area contributed by atoms with Gasteiger partial charge in [-0.15, -0.1) is 0 Å². The van der Waals surface area contributed by atoms with Crippen LogP contribution in [0, 0.1) is 17.6 Å². The number of hydrogen-bond donors (Lipinski definition) is 5. The summed E-state index contributed by atoms with van der Waals surface area (Å²) >= 11 is 0. The number of nitrogens with one attached hydrogen (secondary N) is 3. The zero-order valence-corrected chi connectivity index (χ0v) is 22.1. The van der Waals surface area contributed by atoms with Crippen LogP contribution in [0.15, 0.2) is 65.6 Å². The van der Waals surface area contributed by atoms with Gasteiger partial charge in [0.15, 0.2) is 11.6 Å². The molecule has 0 heterocycles. The second-order valence-corrected chi connectivity index (χ2v) is 11.1. The fourth-order valence-corrected chi connectivity index (χ4v) is 4.83. The summed E-state index contributed by atoms with van der Waals surface area (Å²) < 4.78 is 55.2. The minimum Gasteiger partial charge on any atom is -0.426 e. The Balaban J connectivity index is 2.36. The van der Waals surface area contributed by atoms with Crippen molar-refractivity contribution >= 4 is 29.0 Å². The van der Waals surface area contributed by atoms with Crippen molar-refractivity contribution in [2.45, 2.75) is 56.5 Å². The van der Waals surface area contributed by atoms with Crippen LogP contribution in [0.3, 0.4) is 0 Å². The van der Waals surface area contributed by atoms with E-state index in [1.165, 1.54) is 6.92 Å². The van der Waals surface area contributed by atoms with Crippen LogP contribution in [-0.4, -0.2) is 55.4 Å². The van der Waals surface area contributed by atoms with Crippen molar-refractivity contribution in [1.82, 2.24) is 15.4 Å². The van der Waals surface area contributed by atoms with Crippen molar-refractivity contribution in [3.05, 3.63) is 77.9 Å². The Hall–Kier alpha value is -3.13. The van der Waals surface area contributed by atoms with E-state index in [4.69, 9.17) is 0 Å². The van der Waals surface area contributed by atoms with Crippen LogP contribution in [-0.2, 0) is 26.0 Å². The summed E-state index contributed by atoms with van der Waals surface area (Å²) in [7, 11) is -6.41. The molecule has 0 bridgehead atoms. The van der Waals surface area contributed by atoms with Crippen molar-refractivity contribution in [2.24, 2.45) is 5.92 Å². The van der Waals surface area contributed by atoms with Gasteiger partial charge in [-0.3, -0.25) is 9.59 Å². The summed E-state index contributed by atoms with van der Waals surface area (Å²) in [6.07, 6.45) is 0.0331. The first-order chi connectivity index (χ1) is 17.7. The number of benzene rings is 2. The summed E-state index contributed by atoms with van der Waals surface area (Å²) in [6.45, 7) is 8.71. The van der Waals surface area contributed by atoms with Crippen molar-refractivity contribution in [1.29, 1.82) is 0 Å². The van der Waals surface area contributed by atoms with Gasteiger partial charge in [0.25, 0.3) is 0 Å². The first kappa shape index (κ1) is 31.1. The lowest BCUT2D eigenvalue weighted by Crippen LogP contribution is -2.57. The van der Waals surface area contributed by atoms with E-state index in [9.17, 15) is 36.8 Å². The highest BCUT2D eigenvalue weighted by Gasteiger charge is 2.33. The normalized spacial score (nSPS) is 13.9. The Morgan fingerprint density at radius 2 is 1.58 bits per heavy atom. The van der Waals surface area contributed by atoms with Gasteiger partial charge in [-0.1, -0.05) is 56.3 Å². The fraction of sp³-hybridized carbons (Fsp3) is 0.360. The van der Waals surface area contributed by atoms with Crippen molar-refractivity contribution in [3.8, 4) is 0 Å². The zero-order valence-electron chi connectivity index (χ0n) is 21.3. The highest BCUT2D eigenvalue weighted by atomic mass is 32.2. The molecule has 0 unspecified atom stereocenters. The topological polar surface area (TPSA) is 145 Å². The Morgan fingerprint density at radius 3 is 2.11 bits per heavy atom. The molecule has 13 heteroatoms. The minimum absolute atomic E-state index is 0.0835.